The van der Waals surface area contributed by atoms with Crippen molar-refractivity contribution in [1.82, 2.24) is 9.97 Å². The Morgan fingerprint density at radius 3 is 2.56 bits per heavy atom. The van der Waals surface area contributed by atoms with E-state index in [0.29, 0.717) is 0 Å². The Morgan fingerprint density at radius 1 is 1.22 bits per heavy atom. The van der Waals surface area contributed by atoms with Gasteiger partial charge in [-0.3, -0.25) is 0 Å². The first-order chi connectivity index (χ1) is 8.72. The van der Waals surface area contributed by atoms with Crippen molar-refractivity contribution in [2.45, 2.75) is 33.1 Å². The summed E-state index contributed by atoms with van der Waals surface area (Å²) in [5, 5.41) is 6.56. The molecule has 0 bridgehead atoms. The normalized spacial score (nSPS) is 10.4. The molecule has 1 aromatic heterocycles. The minimum atomic E-state index is 0.916. The minimum Gasteiger partial charge on any atom is -0.373 e. The van der Waals surface area contributed by atoms with Crippen LogP contribution in [-0.4, -0.2) is 35.6 Å². The number of thioether (sulfide) groups is 1. The van der Waals surface area contributed by atoms with Gasteiger partial charge in [-0.15, -0.1) is 0 Å². The van der Waals surface area contributed by atoms with Crippen molar-refractivity contribution in [2.24, 2.45) is 0 Å². The second-order valence-electron chi connectivity index (χ2n) is 4.24. The van der Waals surface area contributed by atoms with E-state index in [9.17, 15) is 0 Å². The SMILES string of the molecule is CCCc1nc(NC)c(C)c(NCCCSC)n1. The van der Waals surface area contributed by atoms with Crippen molar-refractivity contribution in [3.8, 4) is 0 Å². The molecule has 2 N–H and O–H groups in total. The standard InChI is InChI=1S/C13H24N4S/c1-5-7-11-16-12(14-3)10(2)13(17-11)15-8-6-9-18-4/h5-9H2,1-4H3,(H2,14,15,16,17). The predicted molar refractivity (Wildman–Crippen MR) is 81.8 cm³/mol. The van der Waals surface area contributed by atoms with Gasteiger partial charge in [-0.1, -0.05) is 6.92 Å². The molecular weight excluding hydrogens is 244 g/mol. The molecule has 0 amide bonds. The quantitative estimate of drug-likeness (QED) is 0.710. The van der Waals surface area contributed by atoms with Crippen molar-refractivity contribution in [2.75, 3.05) is 36.2 Å². The lowest BCUT2D eigenvalue weighted by Gasteiger charge is -2.13. The summed E-state index contributed by atoms with van der Waals surface area (Å²) < 4.78 is 0. The molecule has 18 heavy (non-hydrogen) atoms. The smallest absolute Gasteiger partial charge is 0.134 e. The first-order valence-corrected chi connectivity index (χ1v) is 7.90. The summed E-state index contributed by atoms with van der Waals surface area (Å²) in [6.07, 6.45) is 5.28. The Labute approximate surface area is 114 Å². The largest absolute Gasteiger partial charge is 0.373 e. The molecule has 1 aromatic rings. The van der Waals surface area contributed by atoms with Gasteiger partial charge in [-0.2, -0.15) is 11.8 Å². The molecule has 1 heterocycles. The van der Waals surface area contributed by atoms with Gasteiger partial charge < -0.3 is 10.6 Å². The number of nitrogens with one attached hydrogen (secondary N) is 2. The average molecular weight is 268 g/mol. The molecule has 0 aromatic carbocycles. The van der Waals surface area contributed by atoms with Gasteiger partial charge in [-0.25, -0.2) is 9.97 Å². The topological polar surface area (TPSA) is 49.8 Å². The van der Waals surface area contributed by atoms with Crippen LogP contribution in [0.25, 0.3) is 0 Å². The van der Waals surface area contributed by atoms with E-state index in [1.165, 1.54) is 5.75 Å². The molecule has 0 atom stereocenters. The molecule has 1 rings (SSSR count). The second-order valence-corrected chi connectivity index (χ2v) is 5.22. The Morgan fingerprint density at radius 2 is 1.94 bits per heavy atom. The maximum atomic E-state index is 4.60. The number of hydrogen-bond donors (Lipinski definition) is 2. The molecule has 0 radical (unpaired) electrons. The third-order valence-electron chi connectivity index (χ3n) is 2.72. The lowest BCUT2D eigenvalue weighted by atomic mass is 10.2. The molecule has 0 saturated carbocycles. The summed E-state index contributed by atoms with van der Waals surface area (Å²) in [4.78, 5) is 9.12. The van der Waals surface area contributed by atoms with Crippen LogP contribution < -0.4 is 10.6 Å². The summed E-state index contributed by atoms with van der Waals surface area (Å²) in [5.41, 5.74) is 1.10. The van der Waals surface area contributed by atoms with Crippen LogP contribution in [0, 0.1) is 6.92 Å². The highest BCUT2D eigenvalue weighted by atomic mass is 32.2. The van der Waals surface area contributed by atoms with Gasteiger partial charge in [0.1, 0.15) is 17.5 Å². The zero-order chi connectivity index (χ0) is 13.4. The lowest BCUT2D eigenvalue weighted by Crippen LogP contribution is -2.11. The van der Waals surface area contributed by atoms with Crippen LogP contribution in [0.4, 0.5) is 11.6 Å². The highest BCUT2D eigenvalue weighted by Crippen LogP contribution is 2.20. The van der Waals surface area contributed by atoms with Crippen LogP contribution in [0.2, 0.25) is 0 Å². The van der Waals surface area contributed by atoms with Gasteiger partial charge in [0.05, 0.1) is 0 Å². The maximum Gasteiger partial charge on any atom is 0.134 e. The van der Waals surface area contributed by atoms with E-state index >= 15 is 0 Å². The van der Waals surface area contributed by atoms with E-state index in [2.05, 4.69) is 40.7 Å². The number of anilines is 2. The zero-order valence-electron chi connectivity index (χ0n) is 11.8. The lowest BCUT2D eigenvalue weighted by molar-refractivity contribution is 0.830. The van der Waals surface area contributed by atoms with Crippen LogP contribution in [0.3, 0.4) is 0 Å². The number of aromatic nitrogens is 2. The Bertz CT molecular complexity index is 368. The first kappa shape index (κ1) is 15.1. The Balaban J connectivity index is 2.77. The fourth-order valence-electron chi connectivity index (χ4n) is 1.74. The van der Waals surface area contributed by atoms with E-state index in [1.807, 2.05) is 18.8 Å². The van der Waals surface area contributed by atoms with Crippen molar-refractivity contribution >= 4 is 23.4 Å². The van der Waals surface area contributed by atoms with E-state index in [1.54, 1.807) is 0 Å². The fourth-order valence-corrected chi connectivity index (χ4v) is 2.17. The number of nitrogens with zero attached hydrogens (tertiary/aromatic N) is 2. The summed E-state index contributed by atoms with van der Waals surface area (Å²) in [5.74, 6) is 4.00. The van der Waals surface area contributed by atoms with Crippen LogP contribution >= 0.6 is 11.8 Å². The van der Waals surface area contributed by atoms with Gasteiger partial charge in [0.25, 0.3) is 0 Å². The number of hydrogen-bond acceptors (Lipinski definition) is 5. The summed E-state index contributed by atoms with van der Waals surface area (Å²) in [6, 6.07) is 0. The molecule has 0 unspecified atom stereocenters. The van der Waals surface area contributed by atoms with Gasteiger partial charge in [0, 0.05) is 25.6 Å². The molecule has 0 fully saturated rings. The Kier molecular flexibility index (Phi) is 6.86. The van der Waals surface area contributed by atoms with Gasteiger partial charge in [0.2, 0.25) is 0 Å². The molecular formula is C13H24N4S. The zero-order valence-corrected chi connectivity index (χ0v) is 12.7. The van der Waals surface area contributed by atoms with E-state index < -0.39 is 0 Å². The van der Waals surface area contributed by atoms with Crippen molar-refractivity contribution < 1.29 is 0 Å². The summed E-state index contributed by atoms with van der Waals surface area (Å²) in [7, 11) is 1.91. The molecule has 0 aliphatic rings. The van der Waals surface area contributed by atoms with Gasteiger partial charge in [-0.05, 0) is 31.8 Å². The van der Waals surface area contributed by atoms with Crippen molar-refractivity contribution in [3.05, 3.63) is 11.4 Å². The van der Waals surface area contributed by atoms with Gasteiger partial charge >= 0.3 is 0 Å². The monoisotopic (exact) mass is 268 g/mol. The van der Waals surface area contributed by atoms with Crippen molar-refractivity contribution in [1.29, 1.82) is 0 Å². The van der Waals surface area contributed by atoms with Crippen LogP contribution in [-0.2, 0) is 6.42 Å². The average Bonchev–Trinajstić information content (AvgIpc) is 2.38. The molecule has 0 saturated heterocycles. The van der Waals surface area contributed by atoms with E-state index in [4.69, 9.17) is 0 Å². The summed E-state index contributed by atoms with van der Waals surface area (Å²) >= 11 is 1.87. The van der Waals surface area contributed by atoms with Crippen LogP contribution in [0.1, 0.15) is 31.2 Å². The molecule has 0 aliphatic heterocycles. The molecule has 0 aliphatic carbocycles. The third kappa shape index (κ3) is 4.37. The molecule has 4 nitrogen and oxygen atoms in total. The number of rotatable bonds is 8. The molecule has 102 valence electrons. The van der Waals surface area contributed by atoms with Gasteiger partial charge in [0.15, 0.2) is 0 Å². The summed E-state index contributed by atoms with van der Waals surface area (Å²) in [6.45, 7) is 5.17. The molecule has 0 spiro atoms. The van der Waals surface area contributed by atoms with E-state index in [-0.39, 0.29) is 0 Å². The number of aryl methyl sites for hydroxylation is 1. The maximum absolute atomic E-state index is 4.60. The predicted octanol–water partition coefficient (Wildman–Crippen LogP) is 2.94. The Hall–Kier alpha value is -0.970. The van der Waals surface area contributed by atoms with Crippen molar-refractivity contribution in [3.63, 3.8) is 0 Å². The van der Waals surface area contributed by atoms with E-state index in [0.717, 1.165) is 48.8 Å². The first-order valence-electron chi connectivity index (χ1n) is 6.51. The fraction of sp³-hybridized carbons (Fsp3) is 0.692. The minimum absolute atomic E-state index is 0.916. The van der Waals surface area contributed by atoms with Crippen LogP contribution in [0.5, 0.6) is 0 Å². The third-order valence-corrected chi connectivity index (χ3v) is 3.42. The second kappa shape index (κ2) is 8.19. The highest BCUT2D eigenvalue weighted by molar-refractivity contribution is 7.98. The highest BCUT2D eigenvalue weighted by Gasteiger charge is 2.08. The molecule has 5 heteroatoms. The van der Waals surface area contributed by atoms with Crippen LogP contribution in [0.15, 0.2) is 0 Å².